The molecule has 4 rings (SSSR count). The molecule has 2 heterocycles. The number of aromatic nitrogens is 2. The van der Waals surface area contributed by atoms with Crippen LogP contribution in [-0.2, 0) is 6.54 Å². The first-order chi connectivity index (χ1) is 14.0. The van der Waals surface area contributed by atoms with Gasteiger partial charge in [-0.1, -0.05) is 29.8 Å². The minimum absolute atomic E-state index is 0.0342. The summed E-state index contributed by atoms with van der Waals surface area (Å²) in [6.45, 7) is 1.66. The quantitative estimate of drug-likeness (QED) is 0.655. The van der Waals surface area contributed by atoms with E-state index in [-0.39, 0.29) is 16.9 Å². The number of hydrogen-bond acceptors (Lipinski definition) is 3. The Bertz CT molecular complexity index is 1020. The third-order valence-corrected chi connectivity index (χ3v) is 5.25. The minimum atomic E-state index is -0.684. The second-order valence-electron chi connectivity index (χ2n) is 6.95. The van der Waals surface area contributed by atoms with Crippen LogP contribution in [0.1, 0.15) is 28.8 Å². The number of rotatable bonds is 5. The molecule has 8 heteroatoms. The van der Waals surface area contributed by atoms with Crippen molar-refractivity contribution < 1.29 is 13.6 Å². The lowest BCUT2D eigenvalue weighted by molar-refractivity contribution is 0.102. The summed E-state index contributed by atoms with van der Waals surface area (Å²) >= 11 is 6.15. The minimum Gasteiger partial charge on any atom is -0.367 e. The molecule has 1 amide bonds. The van der Waals surface area contributed by atoms with Crippen molar-refractivity contribution in [3.05, 3.63) is 76.6 Å². The van der Waals surface area contributed by atoms with Crippen LogP contribution in [-0.4, -0.2) is 28.8 Å². The highest BCUT2D eigenvalue weighted by atomic mass is 35.5. The molecule has 1 aromatic heterocycles. The first kappa shape index (κ1) is 19.4. The van der Waals surface area contributed by atoms with Gasteiger partial charge in [-0.2, -0.15) is 5.10 Å². The molecule has 0 radical (unpaired) electrons. The first-order valence-electron chi connectivity index (χ1n) is 9.32. The molecule has 5 nitrogen and oxygen atoms in total. The molecule has 1 fully saturated rings. The molecule has 2 aromatic carbocycles. The maximum Gasteiger partial charge on any atom is 0.258 e. The van der Waals surface area contributed by atoms with Crippen LogP contribution in [0.25, 0.3) is 0 Å². The Hall–Kier alpha value is -2.93. The molecule has 0 aliphatic carbocycles. The van der Waals surface area contributed by atoms with E-state index in [2.05, 4.69) is 10.4 Å². The van der Waals surface area contributed by atoms with Gasteiger partial charge in [0.2, 0.25) is 0 Å². The Morgan fingerprint density at radius 2 is 1.83 bits per heavy atom. The number of carbonyl (C=O) groups excluding carboxylic acids is 1. The maximum atomic E-state index is 14.4. The monoisotopic (exact) mass is 416 g/mol. The molecule has 1 N–H and O–H groups in total. The van der Waals surface area contributed by atoms with Crippen LogP contribution in [0.5, 0.6) is 0 Å². The van der Waals surface area contributed by atoms with Crippen LogP contribution in [0, 0.1) is 11.6 Å². The molecule has 29 heavy (non-hydrogen) atoms. The van der Waals surface area contributed by atoms with E-state index in [0.29, 0.717) is 24.7 Å². The Kier molecular flexibility index (Phi) is 5.49. The van der Waals surface area contributed by atoms with Gasteiger partial charge in [0.05, 0.1) is 18.3 Å². The SMILES string of the molecule is O=C(Nc1cc(F)c(N2CCCC2)c(F)c1)c1cnn(Cc2ccccc2Cl)c1. The number of nitrogens with zero attached hydrogens (tertiary/aromatic N) is 3. The van der Waals surface area contributed by atoms with Gasteiger partial charge >= 0.3 is 0 Å². The van der Waals surface area contributed by atoms with Crippen LogP contribution < -0.4 is 10.2 Å². The first-order valence-corrected chi connectivity index (χ1v) is 9.70. The highest BCUT2D eigenvalue weighted by Crippen LogP contribution is 2.29. The van der Waals surface area contributed by atoms with Crippen molar-refractivity contribution in [2.45, 2.75) is 19.4 Å². The summed E-state index contributed by atoms with van der Waals surface area (Å²) in [5.74, 6) is -1.86. The number of carbonyl (C=O) groups is 1. The molecule has 0 atom stereocenters. The van der Waals surface area contributed by atoms with E-state index >= 15 is 0 Å². The molecule has 1 aliphatic heterocycles. The number of hydrogen-bond donors (Lipinski definition) is 1. The maximum absolute atomic E-state index is 14.4. The average Bonchev–Trinajstić information content (AvgIpc) is 3.35. The molecule has 0 unspecified atom stereocenters. The van der Waals surface area contributed by atoms with Crippen LogP contribution in [0.15, 0.2) is 48.8 Å². The van der Waals surface area contributed by atoms with Crippen LogP contribution in [0.2, 0.25) is 5.02 Å². The van der Waals surface area contributed by atoms with Crippen molar-refractivity contribution in [2.75, 3.05) is 23.3 Å². The molecule has 150 valence electrons. The zero-order valence-electron chi connectivity index (χ0n) is 15.5. The van der Waals surface area contributed by atoms with E-state index in [4.69, 9.17) is 11.6 Å². The fourth-order valence-corrected chi connectivity index (χ4v) is 3.65. The predicted octanol–water partition coefficient (Wildman–Crippen LogP) is 4.72. The molecule has 1 aliphatic rings. The lowest BCUT2D eigenvalue weighted by Crippen LogP contribution is -2.21. The van der Waals surface area contributed by atoms with E-state index in [9.17, 15) is 13.6 Å². The van der Waals surface area contributed by atoms with Gasteiger partial charge < -0.3 is 10.2 Å². The Balaban J connectivity index is 1.47. The molecule has 0 spiro atoms. The topological polar surface area (TPSA) is 50.2 Å². The molecular weight excluding hydrogens is 398 g/mol. The third-order valence-electron chi connectivity index (χ3n) is 4.88. The van der Waals surface area contributed by atoms with Crippen molar-refractivity contribution in [1.29, 1.82) is 0 Å². The van der Waals surface area contributed by atoms with Gasteiger partial charge in [0, 0.05) is 30.0 Å². The highest BCUT2D eigenvalue weighted by molar-refractivity contribution is 6.31. The van der Waals surface area contributed by atoms with Crippen LogP contribution in [0.3, 0.4) is 0 Å². The largest absolute Gasteiger partial charge is 0.367 e. The predicted molar refractivity (Wildman–Crippen MR) is 109 cm³/mol. The van der Waals surface area contributed by atoms with Gasteiger partial charge in [-0.25, -0.2) is 8.78 Å². The Morgan fingerprint density at radius 1 is 1.14 bits per heavy atom. The van der Waals surface area contributed by atoms with E-state index in [1.807, 2.05) is 18.2 Å². The van der Waals surface area contributed by atoms with Gasteiger partial charge in [0.25, 0.3) is 5.91 Å². The van der Waals surface area contributed by atoms with Crippen LogP contribution >= 0.6 is 11.6 Å². The van der Waals surface area contributed by atoms with Crippen molar-refractivity contribution >= 4 is 28.9 Å². The number of anilines is 2. The molecule has 0 bridgehead atoms. The zero-order valence-corrected chi connectivity index (χ0v) is 16.3. The summed E-state index contributed by atoms with van der Waals surface area (Å²) < 4.78 is 30.5. The van der Waals surface area contributed by atoms with E-state index in [1.54, 1.807) is 21.8 Å². The third kappa shape index (κ3) is 4.24. The summed E-state index contributed by atoms with van der Waals surface area (Å²) in [5, 5.41) is 7.30. The summed E-state index contributed by atoms with van der Waals surface area (Å²) in [6, 6.07) is 9.64. The van der Waals surface area contributed by atoms with Gasteiger partial charge in [0.15, 0.2) is 11.6 Å². The second-order valence-corrected chi connectivity index (χ2v) is 7.36. The Morgan fingerprint density at radius 3 is 2.52 bits per heavy atom. The van der Waals surface area contributed by atoms with Gasteiger partial charge in [-0.15, -0.1) is 0 Å². The molecule has 3 aromatic rings. The average molecular weight is 417 g/mol. The van der Waals surface area contributed by atoms with Crippen molar-refractivity contribution in [2.24, 2.45) is 0 Å². The van der Waals surface area contributed by atoms with Gasteiger partial charge in [0.1, 0.15) is 5.69 Å². The van der Waals surface area contributed by atoms with E-state index in [0.717, 1.165) is 30.5 Å². The van der Waals surface area contributed by atoms with Crippen molar-refractivity contribution in [3.8, 4) is 0 Å². The molecular formula is C21H19ClF2N4O. The normalized spacial score (nSPS) is 13.7. The van der Waals surface area contributed by atoms with Crippen molar-refractivity contribution in [3.63, 3.8) is 0 Å². The number of benzene rings is 2. The lowest BCUT2D eigenvalue weighted by Gasteiger charge is -2.19. The van der Waals surface area contributed by atoms with E-state index < -0.39 is 17.5 Å². The number of halogens is 3. The van der Waals surface area contributed by atoms with Crippen molar-refractivity contribution in [1.82, 2.24) is 9.78 Å². The summed E-state index contributed by atoms with van der Waals surface area (Å²) in [5.41, 5.74) is 1.17. The summed E-state index contributed by atoms with van der Waals surface area (Å²) in [7, 11) is 0. The fraction of sp³-hybridized carbons (Fsp3) is 0.238. The number of amides is 1. The highest BCUT2D eigenvalue weighted by Gasteiger charge is 2.21. The molecule has 0 saturated carbocycles. The van der Waals surface area contributed by atoms with Gasteiger partial charge in [-0.05, 0) is 36.6 Å². The smallest absolute Gasteiger partial charge is 0.258 e. The van der Waals surface area contributed by atoms with Gasteiger partial charge in [-0.3, -0.25) is 9.48 Å². The fourth-order valence-electron chi connectivity index (χ4n) is 3.45. The van der Waals surface area contributed by atoms with Crippen LogP contribution in [0.4, 0.5) is 20.2 Å². The second kappa shape index (κ2) is 8.21. The Labute approximate surface area is 171 Å². The lowest BCUT2D eigenvalue weighted by atomic mass is 10.2. The summed E-state index contributed by atoms with van der Waals surface area (Å²) in [4.78, 5) is 14.2. The zero-order chi connectivity index (χ0) is 20.4. The molecule has 1 saturated heterocycles. The van der Waals surface area contributed by atoms with E-state index in [1.165, 1.54) is 6.20 Å². The standard InChI is InChI=1S/C21H19ClF2N4O/c22-17-6-2-1-5-14(17)12-28-13-15(11-25-28)21(29)26-16-9-18(23)20(19(24)10-16)27-7-3-4-8-27/h1-2,5-6,9-11,13H,3-4,7-8,12H2,(H,26,29). The number of nitrogens with one attached hydrogen (secondary N) is 1. The summed E-state index contributed by atoms with van der Waals surface area (Å²) in [6.07, 6.45) is 4.78.